The van der Waals surface area contributed by atoms with Gasteiger partial charge in [0.15, 0.2) is 11.5 Å². The van der Waals surface area contributed by atoms with Crippen molar-refractivity contribution >= 4 is 54.2 Å². The average molecular weight is 499 g/mol. The first-order chi connectivity index (χ1) is 13.9. The van der Waals surface area contributed by atoms with Gasteiger partial charge < -0.3 is 10.4 Å². The van der Waals surface area contributed by atoms with Gasteiger partial charge in [-0.1, -0.05) is 59.3 Å². The van der Waals surface area contributed by atoms with Crippen molar-refractivity contribution in [2.75, 3.05) is 17.7 Å². The maximum atomic E-state index is 12.9. The van der Waals surface area contributed by atoms with E-state index in [0.717, 1.165) is 27.8 Å². The largest absolute Gasteiger partial charge is 0.394 e. The lowest BCUT2D eigenvalue weighted by Gasteiger charge is -2.19. The van der Waals surface area contributed by atoms with E-state index in [1.807, 2.05) is 24.3 Å². The number of aliphatic hydroxyl groups is 1. The first-order valence-electron chi connectivity index (χ1n) is 9.27. The van der Waals surface area contributed by atoms with Crippen molar-refractivity contribution in [2.24, 2.45) is 5.92 Å². The Morgan fingerprint density at radius 3 is 2.76 bits per heavy atom. The van der Waals surface area contributed by atoms with Crippen LogP contribution >= 0.6 is 27.3 Å². The standard InChI is InChI=1S/C19H23BrN4O3S2/c1-11(2)9-13(10-25)21-16-15-17(24-19(26)28-15)23-18(22-16)29(27)8-7-12-5-3-4-6-14(12)20/h3-6,11,13,25H,7-10H2,1-2H3,(H2,21,22,23,24,26)/t13-,29+/m1/s1. The second-order valence-electron chi connectivity index (χ2n) is 7.09. The minimum Gasteiger partial charge on any atom is -0.394 e. The number of anilines is 1. The summed E-state index contributed by atoms with van der Waals surface area (Å²) in [6.45, 7) is 4.07. The van der Waals surface area contributed by atoms with Crippen LogP contribution in [0.1, 0.15) is 25.8 Å². The summed E-state index contributed by atoms with van der Waals surface area (Å²) in [6, 6.07) is 7.58. The van der Waals surface area contributed by atoms with Crippen LogP contribution in [-0.4, -0.2) is 42.7 Å². The molecular weight excluding hydrogens is 476 g/mol. The van der Waals surface area contributed by atoms with Gasteiger partial charge in [0.25, 0.3) is 0 Å². The van der Waals surface area contributed by atoms with E-state index in [1.54, 1.807) is 0 Å². The number of aromatic nitrogens is 3. The van der Waals surface area contributed by atoms with Crippen LogP contribution in [0.2, 0.25) is 0 Å². The molecule has 3 rings (SSSR count). The molecule has 2 heterocycles. The zero-order valence-corrected chi connectivity index (χ0v) is 19.4. The second kappa shape index (κ2) is 9.92. The molecule has 0 radical (unpaired) electrons. The van der Waals surface area contributed by atoms with Gasteiger partial charge in [-0.2, -0.15) is 0 Å². The number of rotatable bonds is 9. The zero-order valence-electron chi connectivity index (χ0n) is 16.1. The first kappa shape index (κ1) is 22.1. The predicted molar refractivity (Wildman–Crippen MR) is 121 cm³/mol. The van der Waals surface area contributed by atoms with Gasteiger partial charge in [-0.15, -0.1) is 0 Å². The van der Waals surface area contributed by atoms with E-state index in [-0.39, 0.29) is 22.7 Å². The zero-order chi connectivity index (χ0) is 21.0. The van der Waals surface area contributed by atoms with Crippen molar-refractivity contribution < 1.29 is 9.32 Å². The Labute approximate surface area is 183 Å². The van der Waals surface area contributed by atoms with Crippen LogP contribution in [0.4, 0.5) is 5.82 Å². The molecule has 0 saturated heterocycles. The van der Waals surface area contributed by atoms with Crippen LogP contribution in [0.15, 0.2) is 38.7 Å². The molecule has 0 amide bonds. The van der Waals surface area contributed by atoms with Crippen molar-refractivity contribution in [2.45, 2.75) is 37.9 Å². The molecule has 29 heavy (non-hydrogen) atoms. The molecule has 2 atom stereocenters. The van der Waals surface area contributed by atoms with Gasteiger partial charge in [0, 0.05) is 10.2 Å². The summed E-state index contributed by atoms with van der Waals surface area (Å²) in [4.78, 5) is 23.0. The number of hydrogen-bond donors (Lipinski definition) is 3. The summed E-state index contributed by atoms with van der Waals surface area (Å²) >= 11 is 4.50. The lowest BCUT2D eigenvalue weighted by atomic mass is 10.0. The molecule has 0 aliphatic rings. The maximum Gasteiger partial charge on any atom is 0.306 e. The highest BCUT2D eigenvalue weighted by Gasteiger charge is 2.19. The predicted octanol–water partition coefficient (Wildman–Crippen LogP) is 3.31. The number of H-pyrrole nitrogens is 1. The molecule has 2 aromatic heterocycles. The molecule has 0 fully saturated rings. The molecule has 7 nitrogen and oxygen atoms in total. The number of thiazole rings is 1. The van der Waals surface area contributed by atoms with Crippen LogP contribution in [0, 0.1) is 5.92 Å². The minimum absolute atomic E-state index is 0.0660. The summed E-state index contributed by atoms with van der Waals surface area (Å²) in [5.41, 5.74) is 1.42. The Morgan fingerprint density at radius 1 is 1.31 bits per heavy atom. The second-order valence-corrected chi connectivity index (χ2v) is 10.4. The number of fused-ring (bicyclic) bond motifs is 1. The van der Waals surface area contributed by atoms with Crippen molar-refractivity contribution in [1.82, 2.24) is 15.0 Å². The van der Waals surface area contributed by atoms with E-state index in [9.17, 15) is 14.1 Å². The number of hydrogen-bond acceptors (Lipinski definition) is 7. The smallest absolute Gasteiger partial charge is 0.306 e. The number of halogens is 1. The third kappa shape index (κ3) is 5.71. The average Bonchev–Trinajstić information content (AvgIpc) is 3.06. The van der Waals surface area contributed by atoms with E-state index in [1.165, 1.54) is 0 Å². The Bertz CT molecular complexity index is 1070. The highest BCUT2D eigenvalue weighted by Crippen LogP contribution is 2.25. The quantitative estimate of drug-likeness (QED) is 0.390. The van der Waals surface area contributed by atoms with Crippen molar-refractivity contribution in [3.8, 4) is 0 Å². The van der Waals surface area contributed by atoms with Gasteiger partial charge in [-0.3, -0.25) is 14.0 Å². The molecule has 1 aromatic carbocycles. The lowest BCUT2D eigenvalue weighted by Crippen LogP contribution is -2.26. The van der Waals surface area contributed by atoms with E-state index in [0.29, 0.717) is 34.3 Å². The normalized spacial score (nSPS) is 13.7. The van der Waals surface area contributed by atoms with Crippen molar-refractivity contribution in [3.63, 3.8) is 0 Å². The fraction of sp³-hybridized carbons (Fsp3) is 0.421. The Balaban J connectivity index is 1.87. The Hall–Kier alpha value is -1.62. The van der Waals surface area contributed by atoms with Gasteiger partial charge >= 0.3 is 4.87 Å². The number of aliphatic hydroxyl groups excluding tert-OH is 1. The molecule has 0 saturated carbocycles. The molecule has 0 aliphatic carbocycles. The third-order valence-electron chi connectivity index (χ3n) is 4.30. The maximum absolute atomic E-state index is 12.9. The number of aryl methyl sites for hydroxylation is 1. The number of nitrogens with one attached hydrogen (secondary N) is 2. The fourth-order valence-corrected chi connectivity index (χ4v) is 5.15. The monoisotopic (exact) mass is 498 g/mol. The summed E-state index contributed by atoms with van der Waals surface area (Å²) < 4.78 is 14.4. The highest BCUT2D eigenvalue weighted by molar-refractivity contribution is 9.10. The summed E-state index contributed by atoms with van der Waals surface area (Å²) in [6.07, 6.45) is 1.34. The molecule has 3 aromatic rings. The topological polar surface area (TPSA) is 108 Å². The van der Waals surface area contributed by atoms with Gasteiger partial charge in [0.2, 0.25) is 5.16 Å². The van der Waals surface area contributed by atoms with E-state index >= 15 is 0 Å². The van der Waals surface area contributed by atoms with Crippen LogP contribution in [0.5, 0.6) is 0 Å². The summed E-state index contributed by atoms with van der Waals surface area (Å²) in [5.74, 6) is 1.17. The lowest BCUT2D eigenvalue weighted by molar-refractivity contribution is 0.259. The van der Waals surface area contributed by atoms with Crippen LogP contribution in [0.3, 0.4) is 0 Å². The minimum atomic E-state index is -1.44. The Kier molecular flexibility index (Phi) is 7.55. The molecule has 0 bridgehead atoms. The molecule has 0 unspecified atom stereocenters. The third-order valence-corrected chi connectivity index (χ3v) is 7.11. The van der Waals surface area contributed by atoms with Gasteiger partial charge in [-0.25, -0.2) is 9.97 Å². The molecule has 0 aliphatic heterocycles. The molecule has 156 valence electrons. The number of nitrogens with zero attached hydrogens (tertiary/aromatic N) is 2. The Morgan fingerprint density at radius 2 is 2.07 bits per heavy atom. The van der Waals surface area contributed by atoms with Gasteiger partial charge in [0.1, 0.15) is 4.70 Å². The van der Waals surface area contributed by atoms with Crippen LogP contribution in [-0.2, 0) is 17.2 Å². The molecule has 3 N–H and O–H groups in total. The number of benzene rings is 1. The van der Waals surface area contributed by atoms with Crippen molar-refractivity contribution in [3.05, 3.63) is 44.0 Å². The fourth-order valence-electron chi connectivity index (χ4n) is 2.96. The molecule has 10 heteroatoms. The van der Waals surface area contributed by atoms with E-state index in [4.69, 9.17) is 0 Å². The SMILES string of the molecule is CC(C)C[C@H](CO)Nc1nc([S@@](=O)CCc2ccccc2Br)nc2[nH]c(=O)sc12. The van der Waals surface area contributed by atoms with Gasteiger partial charge in [-0.05, 0) is 30.4 Å². The van der Waals surface area contributed by atoms with Crippen LogP contribution < -0.4 is 10.2 Å². The van der Waals surface area contributed by atoms with E-state index < -0.39 is 10.8 Å². The molecule has 0 spiro atoms. The molecular formula is C19H23BrN4O3S2. The van der Waals surface area contributed by atoms with Crippen molar-refractivity contribution in [1.29, 1.82) is 0 Å². The summed E-state index contributed by atoms with van der Waals surface area (Å²) in [7, 11) is -1.44. The number of aromatic amines is 1. The first-order valence-corrected chi connectivity index (χ1v) is 12.2. The van der Waals surface area contributed by atoms with Crippen LogP contribution in [0.25, 0.3) is 10.3 Å². The highest BCUT2D eigenvalue weighted by atomic mass is 79.9. The summed E-state index contributed by atoms with van der Waals surface area (Å²) in [5, 5.41) is 13.1. The van der Waals surface area contributed by atoms with Gasteiger partial charge in [0.05, 0.1) is 23.4 Å². The van der Waals surface area contributed by atoms with E-state index in [2.05, 4.69) is 50.0 Å².